The van der Waals surface area contributed by atoms with Crippen molar-refractivity contribution in [1.29, 1.82) is 0 Å². The molecule has 20 heavy (non-hydrogen) atoms. The minimum Gasteiger partial charge on any atom is -0.467 e. The first-order valence-electron chi connectivity index (χ1n) is 6.88. The fraction of sp³-hybridized carbons (Fsp3) is 0.643. The highest BCUT2D eigenvalue weighted by Gasteiger charge is 2.24. The molecule has 0 fully saturated rings. The Balaban J connectivity index is 3.08. The predicted octanol–water partition coefficient (Wildman–Crippen LogP) is 1.93. The van der Waals surface area contributed by atoms with Crippen molar-refractivity contribution in [1.82, 2.24) is 9.97 Å². The Labute approximate surface area is 120 Å². The smallest absolute Gasteiger partial charge is 0.328 e. The third-order valence-electron chi connectivity index (χ3n) is 3.12. The minimum atomic E-state index is -0.456. The second-order valence-corrected chi connectivity index (χ2v) is 5.14. The Kier molecular flexibility index (Phi) is 5.73. The third kappa shape index (κ3) is 3.82. The molecule has 0 aliphatic carbocycles. The highest BCUT2D eigenvalue weighted by atomic mass is 16.5. The van der Waals surface area contributed by atoms with Gasteiger partial charge in [0.15, 0.2) is 0 Å². The molecule has 6 nitrogen and oxygen atoms in total. The van der Waals surface area contributed by atoms with Crippen LogP contribution in [-0.2, 0) is 16.0 Å². The number of ether oxygens (including phenoxy) is 1. The van der Waals surface area contributed by atoms with Crippen LogP contribution >= 0.6 is 0 Å². The molecule has 0 bridgehead atoms. The van der Waals surface area contributed by atoms with E-state index in [-0.39, 0.29) is 11.9 Å². The molecule has 1 unspecified atom stereocenters. The summed E-state index contributed by atoms with van der Waals surface area (Å²) in [6, 6.07) is -0.456. The Hall–Kier alpha value is -1.85. The van der Waals surface area contributed by atoms with Gasteiger partial charge in [-0.05, 0) is 19.3 Å². The van der Waals surface area contributed by atoms with Gasteiger partial charge in [0.25, 0.3) is 0 Å². The van der Waals surface area contributed by atoms with Crippen molar-refractivity contribution in [3.8, 4) is 0 Å². The maximum absolute atomic E-state index is 11.8. The number of hydrogen-bond acceptors (Lipinski definition) is 6. The quantitative estimate of drug-likeness (QED) is 0.774. The molecule has 1 heterocycles. The first-order chi connectivity index (χ1) is 9.40. The van der Waals surface area contributed by atoms with Crippen LogP contribution in [0, 0.1) is 12.8 Å². The molecule has 112 valence electrons. The molecule has 0 radical (unpaired) electrons. The van der Waals surface area contributed by atoms with Gasteiger partial charge in [-0.1, -0.05) is 20.8 Å². The zero-order chi connectivity index (χ0) is 15.3. The molecule has 0 amide bonds. The van der Waals surface area contributed by atoms with Gasteiger partial charge in [-0.2, -0.15) is 0 Å². The van der Waals surface area contributed by atoms with E-state index in [1.165, 1.54) is 7.11 Å². The molecular formula is C14H24N4O2. The summed E-state index contributed by atoms with van der Waals surface area (Å²) in [5.74, 6) is 1.50. The fourth-order valence-electron chi connectivity index (χ4n) is 1.83. The summed E-state index contributed by atoms with van der Waals surface area (Å²) in [6.45, 7) is 7.78. The normalized spacial score (nSPS) is 12.3. The molecule has 0 aromatic carbocycles. The first kappa shape index (κ1) is 16.2. The van der Waals surface area contributed by atoms with Crippen LogP contribution in [0.2, 0.25) is 0 Å². The van der Waals surface area contributed by atoms with E-state index in [9.17, 15) is 4.79 Å². The maximum atomic E-state index is 11.8. The lowest BCUT2D eigenvalue weighted by molar-refractivity contribution is -0.142. The van der Waals surface area contributed by atoms with Gasteiger partial charge in [0.1, 0.15) is 23.5 Å². The van der Waals surface area contributed by atoms with E-state index in [0.717, 1.165) is 18.4 Å². The van der Waals surface area contributed by atoms with Crippen molar-refractivity contribution in [2.45, 2.75) is 46.6 Å². The Morgan fingerprint density at radius 3 is 2.55 bits per heavy atom. The maximum Gasteiger partial charge on any atom is 0.328 e. The van der Waals surface area contributed by atoms with Crippen LogP contribution in [0.15, 0.2) is 0 Å². The zero-order valence-electron chi connectivity index (χ0n) is 12.9. The fourth-order valence-corrected chi connectivity index (χ4v) is 1.83. The summed E-state index contributed by atoms with van der Waals surface area (Å²) >= 11 is 0. The minimum absolute atomic E-state index is 0.0765. The van der Waals surface area contributed by atoms with E-state index in [2.05, 4.69) is 22.2 Å². The molecule has 6 heteroatoms. The summed E-state index contributed by atoms with van der Waals surface area (Å²) in [6.07, 6.45) is 1.69. The molecule has 0 aliphatic rings. The number of rotatable bonds is 6. The Morgan fingerprint density at radius 1 is 1.40 bits per heavy atom. The number of nitrogens with one attached hydrogen (secondary N) is 1. The van der Waals surface area contributed by atoms with Gasteiger partial charge in [-0.15, -0.1) is 0 Å². The highest BCUT2D eigenvalue weighted by Crippen LogP contribution is 2.20. The number of esters is 1. The topological polar surface area (TPSA) is 90.1 Å². The van der Waals surface area contributed by atoms with Crippen molar-refractivity contribution < 1.29 is 9.53 Å². The third-order valence-corrected chi connectivity index (χ3v) is 3.12. The van der Waals surface area contributed by atoms with Crippen LogP contribution in [0.4, 0.5) is 11.6 Å². The molecule has 1 rings (SSSR count). The van der Waals surface area contributed by atoms with Gasteiger partial charge in [0.05, 0.1) is 7.11 Å². The number of carbonyl (C=O) groups excluding carboxylic acids is 1. The van der Waals surface area contributed by atoms with Crippen LogP contribution in [0.1, 0.15) is 38.6 Å². The summed E-state index contributed by atoms with van der Waals surface area (Å²) in [7, 11) is 1.38. The van der Waals surface area contributed by atoms with Gasteiger partial charge >= 0.3 is 5.97 Å². The standard InChI is InChI=1S/C14H24N4O2/c1-6-7-10-16-12(15)9(4)13(17-10)18-11(8(2)3)14(19)20-5/h8,11H,6-7H2,1-5H3,(H3,15,16,17,18). The lowest BCUT2D eigenvalue weighted by atomic mass is 10.0. The number of nitrogens with two attached hydrogens (primary N) is 1. The van der Waals surface area contributed by atoms with Gasteiger partial charge < -0.3 is 15.8 Å². The SMILES string of the molecule is CCCc1nc(N)c(C)c(NC(C(=O)OC)C(C)C)n1. The summed E-state index contributed by atoms with van der Waals surface area (Å²) in [5.41, 5.74) is 6.65. The lowest BCUT2D eigenvalue weighted by Gasteiger charge is -2.22. The van der Waals surface area contributed by atoms with Crippen molar-refractivity contribution in [2.24, 2.45) is 5.92 Å². The molecule has 3 N–H and O–H groups in total. The zero-order valence-corrected chi connectivity index (χ0v) is 12.9. The van der Waals surface area contributed by atoms with E-state index in [4.69, 9.17) is 10.5 Å². The number of hydrogen-bond donors (Lipinski definition) is 2. The molecular weight excluding hydrogens is 256 g/mol. The van der Waals surface area contributed by atoms with Gasteiger partial charge in [0.2, 0.25) is 0 Å². The van der Waals surface area contributed by atoms with Gasteiger partial charge in [-0.25, -0.2) is 14.8 Å². The molecule has 0 saturated carbocycles. The molecule has 0 aliphatic heterocycles. The number of carbonyl (C=O) groups is 1. The molecule has 1 aromatic rings. The number of nitrogen functional groups attached to an aromatic ring is 1. The van der Waals surface area contributed by atoms with E-state index >= 15 is 0 Å². The first-order valence-corrected chi connectivity index (χ1v) is 6.88. The predicted molar refractivity (Wildman–Crippen MR) is 79.4 cm³/mol. The van der Waals surface area contributed by atoms with Crippen LogP contribution in [0.3, 0.4) is 0 Å². The number of nitrogens with zero attached hydrogens (tertiary/aromatic N) is 2. The molecule has 0 saturated heterocycles. The lowest BCUT2D eigenvalue weighted by Crippen LogP contribution is -2.36. The van der Waals surface area contributed by atoms with Crippen LogP contribution < -0.4 is 11.1 Å². The number of methoxy groups -OCH3 is 1. The molecule has 1 atom stereocenters. The van der Waals surface area contributed by atoms with Crippen LogP contribution in [0.25, 0.3) is 0 Å². The van der Waals surface area contributed by atoms with Crippen molar-refractivity contribution in [3.63, 3.8) is 0 Å². The molecule has 1 aromatic heterocycles. The number of aryl methyl sites for hydroxylation is 1. The van der Waals surface area contributed by atoms with Gasteiger partial charge in [0, 0.05) is 12.0 Å². The van der Waals surface area contributed by atoms with Crippen molar-refractivity contribution >= 4 is 17.6 Å². The average Bonchev–Trinajstić information content (AvgIpc) is 2.40. The Morgan fingerprint density at radius 2 is 2.05 bits per heavy atom. The van der Waals surface area contributed by atoms with E-state index < -0.39 is 6.04 Å². The highest BCUT2D eigenvalue weighted by molar-refractivity contribution is 5.79. The largest absolute Gasteiger partial charge is 0.467 e. The summed E-state index contributed by atoms with van der Waals surface area (Å²) in [4.78, 5) is 20.5. The number of aromatic nitrogens is 2. The van der Waals surface area contributed by atoms with E-state index in [0.29, 0.717) is 17.5 Å². The van der Waals surface area contributed by atoms with E-state index in [1.807, 2.05) is 20.8 Å². The van der Waals surface area contributed by atoms with Crippen molar-refractivity contribution in [3.05, 3.63) is 11.4 Å². The summed E-state index contributed by atoms with van der Waals surface area (Å²) < 4.78 is 4.82. The van der Waals surface area contributed by atoms with E-state index in [1.54, 1.807) is 0 Å². The van der Waals surface area contributed by atoms with Crippen molar-refractivity contribution in [2.75, 3.05) is 18.2 Å². The molecule has 0 spiro atoms. The number of anilines is 2. The summed E-state index contributed by atoms with van der Waals surface area (Å²) in [5, 5.41) is 3.13. The monoisotopic (exact) mass is 280 g/mol. The second kappa shape index (κ2) is 7.07. The van der Waals surface area contributed by atoms with Gasteiger partial charge in [-0.3, -0.25) is 0 Å². The Bertz CT molecular complexity index is 474. The second-order valence-electron chi connectivity index (χ2n) is 5.14. The van der Waals surface area contributed by atoms with Crippen LogP contribution in [0.5, 0.6) is 0 Å². The average molecular weight is 280 g/mol. The van der Waals surface area contributed by atoms with Crippen LogP contribution in [-0.4, -0.2) is 29.1 Å².